The van der Waals surface area contributed by atoms with Gasteiger partial charge in [0.25, 0.3) is 5.91 Å². The highest BCUT2D eigenvalue weighted by Crippen LogP contribution is 2.24. The van der Waals surface area contributed by atoms with Gasteiger partial charge in [-0.2, -0.15) is 0 Å². The second kappa shape index (κ2) is 7.49. The van der Waals surface area contributed by atoms with Crippen LogP contribution in [0.1, 0.15) is 33.9 Å². The molecule has 0 saturated carbocycles. The molecule has 0 spiro atoms. The van der Waals surface area contributed by atoms with Crippen LogP contribution in [-0.4, -0.2) is 37.4 Å². The van der Waals surface area contributed by atoms with Gasteiger partial charge in [-0.05, 0) is 49.8 Å². The lowest BCUT2D eigenvalue weighted by Gasteiger charge is -2.23. The molecule has 25 heavy (non-hydrogen) atoms. The summed E-state index contributed by atoms with van der Waals surface area (Å²) in [5.74, 6) is -0.0739. The number of amides is 2. The minimum atomic E-state index is -0.101. The highest BCUT2D eigenvalue weighted by Gasteiger charge is 2.19. The van der Waals surface area contributed by atoms with Gasteiger partial charge < -0.3 is 15.5 Å². The highest BCUT2D eigenvalue weighted by molar-refractivity contribution is 5.98. The number of fused-ring (bicyclic) bond motifs is 1. The van der Waals surface area contributed by atoms with Gasteiger partial charge in [0.2, 0.25) is 5.91 Å². The van der Waals surface area contributed by atoms with Crippen LogP contribution in [0.3, 0.4) is 0 Å². The molecule has 5 heteroatoms. The molecule has 0 saturated heterocycles. The minimum absolute atomic E-state index is 0.0276. The lowest BCUT2D eigenvalue weighted by molar-refractivity contribution is -0.116. The SMILES string of the molecule is CN(C)CC(NC(=O)c1ccc2c(c1)CCC(=O)N2)c1ccccc1. The van der Waals surface area contributed by atoms with Crippen molar-refractivity contribution in [2.75, 3.05) is 26.0 Å². The number of carbonyl (C=O) groups is 2. The largest absolute Gasteiger partial charge is 0.344 e. The van der Waals surface area contributed by atoms with Crippen molar-refractivity contribution in [2.24, 2.45) is 0 Å². The van der Waals surface area contributed by atoms with Gasteiger partial charge in [0, 0.05) is 24.2 Å². The Morgan fingerprint density at radius 1 is 1.16 bits per heavy atom. The molecule has 1 aliphatic rings. The Balaban J connectivity index is 1.78. The number of benzene rings is 2. The molecule has 3 rings (SSSR count). The molecule has 2 aromatic carbocycles. The molecule has 0 fully saturated rings. The lowest BCUT2D eigenvalue weighted by Crippen LogP contribution is -2.35. The van der Waals surface area contributed by atoms with E-state index in [4.69, 9.17) is 0 Å². The normalized spacial score (nSPS) is 14.6. The van der Waals surface area contributed by atoms with Crippen LogP contribution in [0.4, 0.5) is 5.69 Å². The first-order valence-electron chi connectivity index (χ1n) is 8.46. The number of hydrogen-bond donors (Lipinski definition) is 2. The molecule has 1 unspecified atom stereocenters. The molecule has 0 aliphatic carbocycles. The Labute approximate surface area is 148 Å². The zero-order valence-electron chi connectivity index (χ0n) is 14.6. The Hall–Kier alpha value is -2.66. The summed E-state index contributed by atoms with van der Waals surface area (Å²) in [6.07, 6.45) is 1.13. The summed E-state index contributed by atoms with van der Waals surface area (Å²) in [5.41, 5.74) is 3.51. The summed E-state index contributed by atoms with van der Waals surface area (Å²) in [7, 11) is 3.98. The van der Waals surface area contributed by atoms with E-state index in [-0.39, 0.29) is 17.9 Å². The van der Waals surface area contributed by atoms with Gasteiger partial charge in [0.15, 0.2) is 0 Å². The number of rotatable bonds is 5. The predicted molar refractivity (Wildman–Crippen MR) is 98.6 cm³/mol. The minimum Gasteiger partial charge on any atom is -0.344 e. The van der Waals surface area contributed by atoms with E-state index in [0.29, 0.717) is 18.4 Å². The van der Waals surface area contributed by atoms with Crippen LogP contribution >= 0.6 is 0 Å². The fraction of sp³-hybridized carbons (Fsp3) is 0.300. The molecule has 0 bridgehead atoms. The third-order valence-corrected chi connectivity index (χ3v) is 4.32. The van der Waals surface area contributed by atoms with Gasteiger partial charge in [-0.3, -0.25) is 9.59 Å². The maximum Gasteiger partial charge on any atom is 0.251 e. The fourth-order valence-corrected chi connectivity index (χ4v) is 3.05. The first kappa shape index (κ1) is 17.2. The van der Waals surface area contributed by atoms with Crippen LogP contribution in [0.2, 0.25) is 0 Å². The third kappa shape index (κ3) is 4.25. The second-order valence-electron chi connectivity index (χ2n) is 6.62. The summed E-state index contributed by atoms with van der Waals surface area (Å²) in [5, 5.41) is 5.97. The number of likely N-dealkylation sites (N-methyl/N-ethyl adjacent to an activating group) is 1. The summed E-state index contributed by atoms with van der Waals surface area (Å²) < 4.78 is 0. The molecule has 2 N–H and O–H groups in total. The maximum absolute atomic E-state index is 12.7. The van der Waals surface area contributed by atoms with Gasteiger partial charge in [-0.15, -0.1) is 0 Å². The van der Waals surface area contributed by atoms with Crippen molar-refractivity contribution in [3.8, 4) is 0 Å². The average molecular weight is 337 g/mol. The van der Waals surface area contributed by atoms with Crippen molar-refractivity contribution in [3.05, 3.63) is 65.2 Å². The van der Waals surface area contributed by atoms with Crippen molar-refractivity contribution < 1.29 is 9.59 Å². The number of anilines is 1. The molecule has 2 aromatic rings. The van der Waals surface area contributed by atoms with E-state index in [2.05, 4.69) is 15.5 Å². The Morgan fingerprint density at radius 2 is 1.92 bits per heavy atom. The van der Waals surface area contributed by atoms with Crippen LogP contribution in [0.25, 0.3) is 0 Å². The summed E-state index contributed by atoms with van der Waals surface area (Å²) in [6, 6.07) is 15.3. The number of nitrogens with one attached hydrogen (secondary N) is 2. The molecule has 0 aromatic heterocycles. The first-order chi connectivity index (χ1) is 12.0. The summed E-state index contributed by atoms with van der Waals surface area (Å²) in [6.45, 7) is 0.719. The van der Waals surface area contributed by atoms with Crippen LogP contribution in [0.5, 0.6) is 0 Å². The third-order valence-electron chi connectivity index (χ3n) is 4.32. The molecular formula is C20H23N3O2. The maximum atomic E-state index is 12.7. The molecule has 2 amide bonds. The molecule has 0 radical (unpaired) electrons. The number of aryl methyl sites for hydroxylation is 1. The number of hydrogen-bond acceptors (Lipinski definition) is 3. The molecular weight excluding hydrogens is 314 g/mol. The summed E-state index contributed by atoms with van der Waals surface area (Å²) >= 11 is 0. The van der Waals surface area contributed by atoms with Crippen molar-refractivity contribution in [1.82, 2.24) is 10.2 Å². The standard InChI is InChI=1S/C20H23N3O2/c1-23(2)13-18(14-6-4-3-5-7-14)22-20(25)16-8-10-17-15(12-16)9-11-19(24)21-17/h3-8,10,12,18H,9,11,13H2,1-2H3,(H,21,24)(H,22,25). The quantitative estimate of drug-likeness (QED) is 0.882. The van der Waals surface area contributed by atoms with Crippen molar-refractivity contribution in [1.29, 1.82) is 0 Å². The van der Waals surface area contributed by atoms with E-state index in [1.165, 1.54) is 0 Å². The fourth-order valence-electron chi connectivity index (χ4n) is 3.05. The van der Waals surface area contributed by atoms with E-state index in [1.54, 1.807) is 6.07 Å². The van der Waals surface area contributed by atoms with E-state index >= 15 is 0 Å². The average Bonchev–Trinajstić information content (AvgIpc) is 2.61. The molecule has 1 atom stereocenters. The lowest BCUT2D eigenvalue weighted by atomic mass is 9.99. The van der Waals surface area contributed by atoms with Gasteiger partial charge in [0.1, 0.15) is 0 Å². The predicted octanol–water partition coefficient (Wildman–Crippen LogP) is 2.60. The van der Waals surface area contributed by atoms with Crippen molar-refractivity contribution >= 4 is 17.5 Å². The zero-order valence-corrected chi connectivity index (χ0v) is 14.6. The van der Waals surface area contributed by atoms with Crippen LogP contribution < -0.4 is 10.6 Å². The van der Waals surface area contributed by atoms with Gasteiger partial charge in [-0.1, -0.05) is 30.3 Å². The Bertz CT molecular complexity index is 772. The molecule has 1 aliphatic heterocycles. The van der Waals surface area contributed by atoms with Gasteiger partial charge in [0.05, 0.1) is 6.04 Å². The second-order valence-corrected chi connectivity index (χ2v) is 6.62. The van der Waals surface area contributed by atoms with E-state index in [9.17, 15) is 9.59 Å². The summed E-state index contributed by atoms with van der Waals surface area (Å²) in [4.78, 5) is 26.3. The van der Waals surface area contributed by atoms with Crippen molar-refractivity contribution in [3.63, 3.8) is 0 Å². The Kier molecular flexibility index (Phi) is 5.14. The topological polar surface area (TPSA) is 61.4 Å². The van der Waals surface area contributed by atoms with E-state index in [1.807, 2.05) is 56.6 Å². The Morgan fingerprint density at radius 3 is 2.64 bits per heavy atom. The van der Waals surface area contributed by atoms with Crippen LogP contribution in [0, 0.1) is 0 Å². The van der Waals surface area contributed by atoms with Gasteiger partial charge in [-0.25, -0.2) is 0 Å². The highest BCUT2D eigenvalue weighted by atomic mass is 16.2. The van der Waals surface area contributed by atoms with Gasteiger partial charge >= 0.3 is 0 Å². The zero-order chi connectivity index (χ0) is 17.8. The van der Waals surface area contributed by atoms with Crippen LogP contribution in [0.15, 0.2) is 48.5 Å². The number of nitrogens with zero attached hydrogens (tertiary/aromatic N) is 1. The molecule has 5 nitrogen and oxygen atoms in total. The molecule has 1 heterocycles. The number of carbonyl (C=O) groups excluding carboxylic acids is 2. The first-order valence-corrected chi connectivity index (χ1v) is 8.46. The van der Waals surface area contributed by atoms with E-state index < -0.39 is 0 Å². The van der Waals surface area contributed by atoms with E-state index in [0.717, 1.165) is 23.4 Å². The molecule has 130 valence electrons. The smallest absolute Gasteiger partial charge is 0.251 e. The van der Waals surface area contributed by atoms with Crippen molar-refractivity contribution in [2.45, 2.75) is 18.9 Å². The van der Waals surface area contributed by atoms with Crippen LogP contribution in [-0.2, 0) is 11.2 Å². The monoisotopic (exact) mass is 337 g/mol.